The van der Waals surface area contributed by atoms with Crippen LogP contribution in [0.4, 0.5) is 17.6 Å². The van der Waals surface area contributed by atoms with E-state index in [0.29, 0.717) is 23.6 Å². The van der Waals surface area contributed by atoms with Crippen LogP contribution in [-0.2, 0) is 13.1 Å². The van der Waals surface area contributed by atoms with E-state index >= 15 is 0 Å². The Morgan fingerprint density at radius 2 is 2.00 bits per heavy atom. The lowest BCUT2D eigenvalue weighted by atomic mass is 10.2. The Hall–Kier alpha value is -2.84. The lowest BCUT2D eigenvalue weighted by Gasteiger charge is -2.14. The molecule has 0 spiro atoms. The van der Waals surface area contributed by atoms with Crippen LogP contribution in [0.5, 0.6) is 5.88 Å². The van der Waals surface area contributed by atoms with Gasteiger partial charge in [-0.15, -0.1) is 0 Å². The quantitative estimate of drug-likeness (QED) is 0.436. The smallest absolute Gasteiger partial charge is 0.422 e. The van der Waals surface area contributed by atoms with Crippen molar-refractivity contribution in [1.29, 1.82) is 0 Å². The minimum absolute atomic E-state index is 0.0942. The Kier molecular flexibility index (Phi) is 7.39. The van der Waals surface area contributed by atoms with Gasteiger partial charge in [0.1, 0.15) is 5.82 Å². The summed E-state index contributed by atoms with van der Waals surface area (Å²) in [4.78, 5) is 8.19. The molecule has 2 N–H and O–H groups in total. The molecule has 0 saturated heterocycles. The van der Waals surface area contributed by atoms with E-state index in [9.17, 15) is 17.6 Å². The highest BCUT2D eigenvalue weighted by molar-refractivity contribution is 5.79. The van der Waals surface area contributed by atoms with Gasteiger partial charge in [-0.3, -0.25) is 0 Å². The summed E-state index contributed by atoms with van der Waals surface area (Å²) in [5, 5.41) is 6.02. The number of rotatable bonds is 7. The van der Waals surface area contributed by atoms with Crippen molar-refractivity contribution in [3.8, 4) is 5.88 Å². The van der Waals surface area contributed by atoms with Gasteiger partial charge >= 0.3 is 6.18 Å². The number of nitrogens with zero attached hydrogens (tertiary/aromatic N) is 2. The molecule has 27 heavy (non-hydrogen) atoms. The fraction of sp³-hybridized carbons (Fsp3) is 0.333. The highest BCUT2D eigenvalue weighted by atomic mass is 19.4. The summed E-state index contributed by atoms with van der Waals surface area (Å²) in [6.45, 7) is 1.46. The number of aromatic nitrogens is 1. The normalized spacial score (nSPS) is 12.0. The Morgan fingerprint density at radius 3 is 2.70 bits per heavy atom. The minimum atomic E-state index is -4.44. The number of hydrogen-bond acceptors (Lipinski definition) is 3. The van der Waals surface area contributed by atoms with Crippen LogP contribution in [0.1, 0.15) is 18.1 Å². The maximum Gasteiger partial charge on any atom is 0.422 e. The predicted molar refractivity (Wildman–Crippen MR) is 93.8 cm³/mol. The number of guanidine groups is 1. The largest absolute Gasteiger partial charge is 0.468 e. The number of nitrogens with one attached hydrogen (secondary N) is 2. The van der Waals surface area contributed by atoms with Crippen LogP contribution < -0.4 is 15.4 Å². The molecule has 146 valence electrons. The number of alkyl halides is 3. The topological polar surface area (TPSA) is 58.5 Å². The molecule has 2 rings (SSSR count). The highest BCUT2D eigenvalue weighted by Crippen LogP contribution is 2.19. The number of aliphatic imine (C=N–C) groups is 1. The van der Waals surface area contributed by atoms with Gasteiger partial charge in [-0.2, -0.15) is 13.2 Å². The molecule has 0 amide bonds. The van der Waals surface area contributed by atoms with Crippen molar-refractivity contribution in [3.05, 3.63) is 59.5 Å². The Morgan fingerprint density at radius 1 is 1.19 bits per heavy atom. The van der Waals surface area contributed by atoms with Gasteiger partial charge in [-0.25, -0.2) is 14.4 Å². The molecule has 2 aromatic rings. The first-order valence-electron chi connectivity index (χ1n) is 8.27. The van der Waals surface area contributed by atoms with Crippen LogP contribution in [0.15, 0.2) is 47.6 Å². The van der Waals surface area contributed by atoms with E-state index in [2.05, 4.69) is 20.6 Å². The first-order valence-corrected chi connectivity index (χ1v) is 8.27. The second-order valence-corrected chi connectivity index (χ2v) is 5.55. The molecule has 0 bridgehead atoms. The van der Waals surface area contributed by atoms with Crippen molar-refractivity contribution in [1.82, 2.24) is 15.6 Å². The van der Waals surface area contributed by atoms with Crippen LogP contribution in [0.3, 0.4) is 0 Å². The second kappa shape index (κ2) is 9.75. The fourth-order valence-corrected chi connectivity index (χ4v) is 2.17. The zero-order valence-electron chi connectivity index (χ0n) is 14.7. The van der Waals surface area contributed by atoms with Gasteiger partial charge in [-0.1, -0.05) is 18.2 Å². The molecular weight excluding hydrogens is 364 g/mol. The van der Waals surface area contributed by atoms with Crippen molar-refractivity contribution < 1.29 is 22.3 Å². The lowest BCUT2D eigenvalue weighted by molar-refractivity contribution is -0.154. The van der Waals surface area contributed by atoms with E-state index < -0.39 is 12.8 Å². The zero-order chi connectivity index (χ0) is 19.7. The predicted octanol–water partition coefficient (Wildman–Crippen LogP) is 3.42. The van der Waals surface area contributed by atoms with Crippen molar-refractivity contribution in [2.75, 3.05) is 13.2 Å². The van der Waals surface area contributed by atoms with Gasteiger partial charge in [0.05, 0.1) is 6.54 Å². The van der Waals surface area contributed by atoms with Crippen molar-refractivity contribution in [3.63, 3.8) is 0 Å². The van der Waals surface area contributed by atoms with Crippen LogP contribution in [0.2, 0.25) is 0 Å². The average molecular weight is 384 g/mol. The molecule has 5 nitrogen and oxygen atoms in total. The van der Waals surface area contributed by atoms with Crippen molar-refractivity contribution in [2.45, 2.75) is 26.2 Å². The molecule has 1 aromatic carbocycles. The number of pyridine rings is 1. The highest BCUT2D eigenvalue weighted by Gasteiger charge is 2.29. The van der Waals surface area contributed by atoms with Crippen molar-refractivity contribution in [2.24, 2.45) is 4.99 Å². The molecule has 0 aliphatic heterocycles. The third-order valence-electron chi connectivity index (χ3n) is 3.32. The molecule has 0 atom stereocenters. The molecule has 0 unspecified atom stereocenters. The van der Waals surface area contributed by atoms with Crippen LogP contribution in [-0.4, -0.2) is 30.3 Å². The summed E-state index contributed by atoms with van der Waals surface area (Å²) < 4.78 is 55.0. The minimum Gasteiger partial charge on any atom is -0.468 e. The van der Waals surface area contributed by atoms with Crippen LogP contribution >= 0.6 is 0 Å². The molecular formula is C18H20F4N4O. The van der Waals surface area contributed by atoms with Gasteiger partial charge in [-0.05, 0) is 30.7 Å². The summed E-state index contributed by atoms with van der Waals surface area (Å²) >= 11 is 0. The van der Waals surface area contributed by atoms with E-state index in [1.807, 2.05) is 6.92 Å². The molecule has 1 aromatic heterocycles. The summed E-state index contributed by atoms with van der Waals surface area (Å²) in [5.41, 5.74) is 1.15. The molecule has 1 heterocycles. The van der Waals surface area contributed by atoms with Gasteiger partial charge in [0, 0.05) is 24.8 Å². The number of halogens is 4. The summed E-state index contributed by atoms with van der Waals surface area (Å²) in [5.74, 6) is -0.00170. The first-order chi connectivity index (χ1) is 12.9. The van der Waals surface area contributed by atoms with Gasteiger partial charge in [0.25, 0.3) is 0 Å². The third kappa shape index (κ3) is 7.51. The summed E-state index contributed by atoms with van der Waals surface area (Å²) in [7, 11) is 0. The maximum atomic E-state index is 13.2. The Labute approximate surface area is 154 Å². The Balaban J connectivity index is 2.02. The van der Waals surface area contributed by atoms with Gasteiger partial charge < -0.3 is 15.4 Å². The van der Waals surface area contributed by atoms with Crippen LogP contribution in [0.25, 0.3) is 0 Å². The molecule has 0 saturated carbocycles. The molecule has 0 aliphatic carbocycles. The monoisotopic (exact) mass is 384 g/mol. The summed E-state index contributed by atoms with van der Waals surface area (Å²) in [6.07, 6.45) is -3.08. The SMILES string of the molecule is CCNC(=NCc1cccc(F)c1)NCc1cccnc1OCC(F)(F)F. The first kappa shape index (κ1) is 20.5. The number of ether oxygens (including phenoxy) is 1. The number of benzene rings is 1. The molecule has 0 radical (unpaired) electrons. The van der Waals surface area contributed by atoms with Crippen molar-refractivity contribution >= 4 is 5.96 Å². The van der Waals surface area contributed by atoms with E-state index in [1.54, 1.807) is 24.3 Å². The number of hydrogen-bond donors (Lipinski definition) is 2. The van der Waals surface area contributed by atoms with E-state index in [1.165, 1.54) is 18.3 Å². The molecule has 9 heteroatoms. The summed E-state index contributed by atoms with van der Waals surface area (Å²) in [6, 6.07) is 9.30. The average Bonchev–Trinajstić information content (AvgIpc) is 2.62. The molecule has 0 fully saturated rings. The van der Waals surface area contributed by atoms with Crippen LogP contribution in [0, 0.1) is 5.82 Å². The van der Waals surface area contributed by atoms with E-state index in [0.717, 1.165) is 0 Å². The lowest BCUT2D eigenvalue weighted by Crippen LogP contribution is -2.37. The third-order valence-corrected chi connectivity index (χ3v) is 3.32. The maximum absolute atomic E-state index is 13.2. The zero-order valence-corrected chi connectivity index (χ0v) is 14.7. The second-order valence-electron chi connectivity index (χ2n) is 5.55. The van der Waals surface area contributed by atoms with Gasteiger partial charge in [0.15, 0.2) is 12.6 Å². The van der Waals surface area contributed by atoms with E-state index in [-0.39, 0.29) is 24.8 Å². The standard InChI is InChI=1S/C18H20F4N4O/c1-2-23-17(25-10-13-5-3-7-15(19)9-13)26-11-14-6-4-8-24-16(14)27-12-18(20,21)22/h3-9H,2,10-12H2,1H3,(H2,23,25,26). The van der Waals surface area contributed by atoms with E-state index in [4.69, 9.17) is 4.74 Å². The fourth-order valence-electron chi connectivity index (χ4n) is 2.17. The molecule has 0 aliphatic rings. The van der Waals surface area contributed by atoms with Gasteiger partial charge in [0.2, 0.25) is 5.88 Å². The Bertz CT molecular complexity index is 765.